The lowest BCUT2D eigenvalue weighted by atomic mass is 9.84. The summed E-state index contributed by atoms with van der Waals surface area (Å²) in [6.45, 7) is 8.35. The van der Waals surface area contributed by atoms with E-state index in [4.69, 9.17) is 5.73 Å². The molecule has 0 bridgehead atoms. The standard InChI is InChI=1S/C12H24N4/c1-12(2,3)7-10(8-13)9-14-11-5-6-16(4)15-11/h5-6,10H,7-9,13H2,1-4H3,(H,14,15). The molecule has 0 radical (unpaired) electrons. The smallest absolute Gasteiger partial charge is 0.147 e. The molecule has 1 aromatic heterocycles. The SMILES string of the molecule is Cn1ccc(NCC(CN)CC(C)(C)C)n1. The van der Waals surface area contributed by atoms with Crippen LogP contribution in [0.3, 0.4) is 0 Å². The molecule has 1 unspecified atom stereocenters. The van der Waals surface area contributed by atoms with Crippen molar-refractivity contribution in [1.82, 2.24) is 9.78 Å². The molecular weight excluding hydrogens is 200 g/mol. The molecule has 0 aliphatic heterocycles. The van der Waals surface area contributed by atoms with Gasteiger partial charge in [0.15, 0.2) is 0 Å². The summed E-state index contributed by atoms with van der Waals surface area (Å²) in [5, 5.41) is 7.61. The summed E-state index contributed by atoms with van der Waals surface area (Å²) in [5.41, 5.74) is 6.11. The van der Waals surface area contributed by atoms with E-state index in [1.807, 2.05) is 19.3 Å². The first-order chi connectivity index (χ1) is 7.40. The van der Waals surface area contributed by atoms with Crippen LogP contribution in [-0.2, 0) is 7.05 Å². The van der Waals surface area contributed by atoms with E-state index < -0.39 is 0 Å². The van der Waals surface area contributed by atoms with Gasteiger partial charge in [0.05, 0.1) is 0 Å². The van der Waals surface area contributed by atoms with Crippen LogP contribution < -0.4 is 11.1 Å². The lowest BCUT2D eigenvalue weighted by Gasteiger charge is -2.25. The van der Waals surface area contributed by atoms with E-state index in [1.165, 1.54) is 0 Å². The Morgan fingerprint density at radius 1 is 1.50 bits per heavy atom. The number of hydrogen-bond donors (Lipinski definition) is 2. The van der Waals surface area contributed by atoms with Gasteiger partial charge in [-0.2, -0.15) is 5.10 Å². The Balaban J connectivity index is 2.40. The number of anilines is 1. The number of aromatic nitrogens is 2. The fourth-order valence-corrected chi connectivity index (χ4v) is 1.86. The summed E-state index contributed by atoms with van der Waals surface area (Å²) in [6, 6.07) is 1.98. The number of rotatable bonds is 5. The van der Waals surface area contributed by atoms with Crippen LogP contribution in [-0.4, -0.2) is 22.9 Å². The second-order valence-corrected chi connectivity index (χ2v) is 5.62. The molecule has 16 heavy (non-hydrogen) atoms. The Hall–Kier alpha value is -1.03. The van der Waals surface area contributed by atoms with E-state index in [2.05, 4.69) is 31.2 Å². The highest BCUT2D eigenvalue weighted by Crippen LogP contribution is 2.24. The molecule has 0 saturated carbocycles. The molecule has 92 valence electrons. The molecule has 4 nitrogen and oxygen atoms in total. The Morgan fingerprint density at radius 2 is 2.19 bits per heavy atom. The van der Waals surface area contributed by atoms with Crippen molar-refractivity contribution in [1.29, 1.82) is 0 Å². The highest BCUT2D eigenvalue weighted by Gasteiger charge is 2.17. The van der Waals surface area contributed by atoms with Gasteiger partial charge < -0.3 is 11.1 Å². The normalized spacial score (nSPS) is 13.8. The largest absolute Gasteiger partial charge is 0.368 e. The number of aryl methyl sites for hydroxylation is 1. The Labute approximate surface area is 98.2 Å². The third kappa shape index (κ3) is 4.66. The molecule has 0 aliphatic rings. The Morgan fingerprint density at radius 3 is 2.62 bits per heavy atom. The van der Waals surface area contributed by atoms with Gasteiger partial charge in [0.25, 0.3) is 0 Å². The third-order valence-corrected chi connectivity index (χ3v) is 2.52. The van der Waals surface area contributed by atoms with Crippen molar-refractivity contribution >= 4 is 5.82 Å². The van der Waals surface area contributed by atoms with Gasteiger partial charge >= 0.3 is 0 Å². The van der Waals surface area contributed by atoms with Crippen molar-refractivity contribution in [3.63, 3.8) is 0 Å². The minimum Gasteiger partial charge on any atom is -0.368 e. The summed E-state index contributed by atoms with van der Waals surface area (Å²) in [4.78, 5) is 0. The molecular formula is C12H24N4. The first-order valence-electron chi connectivity index (χ1n) is 5.84. The van der Waals surface area contributed by atoms with Crippen molar-refractivity contribution in [2.24, 2.45) is 24.1 Å². The molecule has 1 rings (SSSR count). The zero-order valence-corrected chi connectivity index (χ0v) is 10.8. The quantitative estimate of drug-likeness (QED) is 0.802. The highest BCUT2D eigenvalue weighted by atomic mass is 15.3. The van der Waals surface area contributed by atoms with Crippen LogP contribution in [0.15, 0.2) is 12.3 Å². The predicted molar refractivity (Wildman–Crippen MR) is 68.3 cm³/mol. The number of nitrogens with two attached hydrogens (primary N) is 1. The van der Waals surface area contributed by atoms with Crippen molar-refractivity contribution < 1.29 is 0 Å². The van der Waals surface area contributed by atoms with Crippen molar-refractivity contribution in [2.75, 3.05) is 18.4 Å². The van der Waals surface area contributed by atoms with E-state index in [9.17, 15) is 0 Å². The van der Waals surface area contributed by atoms with Crippen molar-refractivity contribution in [2.45, 2.75) is 27.2 Å². The van der Waals surface area contributed by atoms with E-state index in [-0.39, 0.29) is 0 Å². The van der Waals surface area contributed by atoms with Gasteiger partial charge in [0.2, 0.25) is 0 Å². The molecule has 0 spiro atoms. The molecule has 0 fully saturated rings. The van der Waals surface area contributed by atoms with Crippen molar-refractivity contribution in [3.05, 3.63) is 12.3 Å². The van der Waals surface area contributed by atoms with E-state index in [0.29, 0.717) is 11.3 Å². The average Bonchev–Trinajstić information content (AvgIpc) is 2.57. The van der Waals surface area contributed by atoms with Crippen molar-refractivity contribution in [3.8, 4) is 0 Å². The number of hydrogen-bond acceptors (Lipinski definition) is 3. The van der Waals surface area contributed by atoms with E-state index in [0.717, 1.165) is 25.3 Å². The third-order valence-electron chi connectivity index (χ3n) is 2.52. The van der Waals surface area contributed by atoms with Crippen LogP contribution in [0.25, 0.3) is 0 Å². The minimum atomic E-state index is 0.329. The lowest BCUT2D eigenvalue weighted by molar-refractivity contribution is 0.305. The van der Waals surface area contributed by atoms with Crippen LogP contribution in [0.2, 0.25) is 0 Å². The summed E-state index contributed by atoms with van der Waals surface area (Å²) < 4.78 is 1.80. The number of nitrogens with zero attached hydrogens (tertiary/aromatic N) is 2. The zero-order valence-electron chi connectivity index (χ0n) is 10.8. The first-order valence-corrected chi connectivity index (χ1v) is 5.84. The van der Waals surface area contributed by atoms with Crippen LogP contribution in [0.4, 0.5) is 5.82 Å². The topological polar surface area (TPSA) is 55.9 Å². The Kier molecular flexibility index (Phi) is 4.35. The van der Waals surface area contributed by atoms with Gasteiger partial charge in [0, 0.05) is 25.9 Å². The van der Waals surface area contributed by atoms with Gasteiger partial charge in [0.1, 0.15) is 5.82 Å². The molecule has 0 saturated heterocycles. The first kappa shape index (κ1) is 13.0. The second-order valence-electron chi connectivity index (χ2n) is 5.62. The van der Waals surface area contributed by atoms with Gasteiger partial charge in [-0.3, -0.25) is 4.68 Å². The molecule has 0 aromatic carbocycles. The fourth-order valence-electron chi connectivity index (χ4n) is 1.86. The van der Waals surface area contributed by atoms with Gasteiger partial charge in [-0.05, 0) is 24.3 Å². The summed E-state index contributed by atoms with van der Waals surface area (Å²) >= 11 is 0. The maximum absolute atomic E-state index is 5.78. The summed E-state index contributed by atoms with van der Waals surface area (Å²) in [7, 11) is 1.92. The van der Waals surface area contributed by atoms with Gasteiger partial charge in [-0.15, -0.1) is 0 Å². The molecule has 1 heterocycles. The van der Waals surface area contributed by atoms with Gasteiger partial charge in [-0.1, -0.05) is 20.8 Å². The molecule has 4 heteroatoms. The lowest BCUT2D eigenvalue weighted by Crippen LogP contribution is -2.27. The Bertz CT molecular complexity index is 311. The average molecular weight is 224 g/mol. The molecule has 0 amide bonds. The monoisotopic (exact) mass is 224 g/mol. The highest BCUT2D eigenvalue weighted by molar-refractivity contribution is 5.31. The zero-order chi connectivity index (χ0) is 12.2. The minimum absolute atomic E-state index is 0.329. The second kappa shape index (κ2) is 5.34. The molecule has 0 aliphatic carbocycles. The summed E-state index contributed by atoms with van der Waals surface area (Å²) in [5.74, 6) is 1.43. The van der Waals surface area contributed by atoms with Crippen LogP contribution in [0.5, 0.6) is 0 Å². The van der Waals surface area contributed by atoms with Gasteiger partial charge in [-0.25, -0.2) is 0 Å². The fraction of sp³-hybridized carbons (Fsp3) is 0.750. The van der Waals surface area contributed by atoms with E-state index >= 15 is 0 Å². The molecule has 3 N–H and O–H groups in total. The summed E-state index contributed by atoms with van der Waals surface area (Å²) in [6.07, 6.45) is 3.06. The van der Waals surface area contributed by atoms with E-state index in [1.54, 1.807) is 4.68 Å². The molecule has 1 atom stereocenters. The maximum Gasteiger partial charge on any atom is 0.147 e. The van der Waals surface area contributed by atoms with Crippen LogP contribution >= 0.6 is 0 Å². The molecule has 1 aromatic rings. The van der Waals surface area contributed by atoms with Crippen LogP contribution in [0, 0.1) is 11.3 Å². The number of nitrogens with one attached hydrogen (secondary N) is 1. The van der Waals surface area contributed by atoms with Crippen LogP contribution in [0.1, 0.15) is 27.2 Å². The predicted octanol–water partition coefficient (Wildman–Crippen LogP) is 1.84. The maximum atomic E-state index is 5.78.